The maximum Gasteiger partial charge on any atom is 0.327 e. The van der Waals surface area contributed by atoms with E-state index in [4.69, 9.17) is 27.9 Å². The summed E-state index contributed by atoms with van der Waals surface area (Å²) in [5.74, 6) is -2.09. The molecule has 3 aromatic rings. The molecule has 0 fully saturated rings. The van der Waals surface area contributed by atoms with E-state index in [1.807, 2.05) is 0 Å². The van der Waals surface area contributed by atoms with Crippen LogP contribution in [-0.2, 0) is 19.6 Å². The molecule has 0 aliphatic heterocycles. The van der Waals surface area contributed by atoms with Gasteiger partial charge in [0.05, 0.1) is 15.6 Å². The van der Waals surface area contributed by atoms with Gasteiger partial charge in [-0.3, -0.25) is 9.10 Å². The lowest BCUT2D eigenvalue weighted by Gasteiger charge is -2.32. The first-order valence-corrected chi connectivity index (χ1v) is 13.0. The lowest BCUT2D eigenvalue weighted by Crippen LogP contribution is -2.48. The molecule has 11 heteroatoms. The molecular formula is C25H24Cl2N2O6S. The number of amides is 1. The summed E-state index contributed by atoms with van der Waals surface area (Å²) in [5.41, 5.74) is 0.289. The molecule has 0 radical (unpaired) electrons. The second-order valence-electron chi connectivity index (χ2n) is 8.10. The Morgan fingerprint density at radius 3 is 2.33 bits per heavy atom. The van der Waals surface area contributed by atoms with E-state index in [0.29, 0.717) is 10.8 Å². The number of para-hydroxylation sites is 1. The lowest BCUT2D eigenvalue weighted by atomic mass is 10.0. The molecule has 36 heavy (non-hydrogen) atoms. The van der Waals surface area contributed by atoms with Crippen molar-refractivity contribution < 1.29 is 27.9 Å². The highest BCUT2D eigenvalue weighted by Crippen LogP contribution is 2.32. The number of carbonyl (C=O) groups excluding carboxylic acids is 1. The van der Waals surface area contributed by atoms with Crippen molar-refractivity contribution >= 4 is 56.5 Å². The fourth-order valence-corrected chi connectivity index (χ4v) is 5.62. The second-order valence-corrected chi connectivity index (χ2v) is 10.8. The zero-order valence-corrected chi connectivity index (χ0v) is 21.7. The van der Waals surface area contributed by atoms with Crippen LogP contribution in [0.2, 0.25) is 10.0 Å². The van der Waals surface area contributed by atoms with Crippen molar-refractivity contribution in [3.05, 3.63) is 82.8 Å². The van der Waals surface area contributed by atoms with Crippen LogP contribution >= 0.6 is 23.2 Å². The van der Waals surface area contributed by atoms with Gasteiger partial charge in [-0.1, -0.05) is 61.3 Å². The molecule has 0 spiro atoms. The molecule has 0 aromatic heterocycles. The minimum atomic E-state index is -4.39. The number of rotatable bonds is 10. The van der Waals surface area contributed by atoms with Crippen LogP contribution < -0.4 is 14.4 Å². The summed E-state index contributed by atoms with van der Waals surface area (Å²) in [6.45, 7) is 2.87. The van der Waals surface area contributed by atoms with Crippen LogP contribution in [0.4, 0.5) is 11.4 Å². The average molecular weight is 551 g/mol. The Balaban J connectivity index is 1.91. The first-order chi connectivity index (χ1) is 17.0. The molecular weight excluding hydrogens is 527 g/mol. The highest BCUT2D eigenvalue weighted by Gasteiger charge is 2.38. The van der Waals surface area contributed by atoms with Crippen LogP contribution in [0, 0.1) is 5.92 Å². The Morgan fingerprint density at radius 1 is 1.00 bits per heavy atom. The molecule has 1 atom stereocenters. The predicted octanol–water partition coefficient (Wildman–Crippen LogP) is 5.32. The summed E-state index contributed by atoms with van der Waals surface area (Å²) in [7, 11) is -4.39. The van der Waals surface area contributed by atoms with Gasteiger partial charge in [0.1, 0.15) is 11.8 Å². The van der Waals surface area contributed by atoms with Gasteiger partial charge in [0.2, 0.25) is 0 Å². The van der Waals surface area contributed by atoms with Crippen molar-refractivity contribution in [3.63, 3.8) is 0 Å². The van der Waals surface area contributed by atoms with Gasteiger partial charge in [-0.2, -0.15) is 0 Å². The molecule has 0 saturated carbocycles. The van der Waals surface area contributed by atoms with Gasteiger partial charge in [0.25, 0.3) is 15.9 Å². The van der Waals surface area contributed by atoms with E-state index in [-0.39, 0.29) is 27.9 Å². The van der Waals surface area contributed by atoms with E-state index < -0.39 is 33.9 Å². The molecule has 8 nitrogen and oxygen atoms in total. The third kappa shape index (κ3) is 6.48. The monoisotopic (exact) mass is 550 g/mol. The number of carboxylic acid groups (broad SMARTS) is 1. The van der Waals surface area contributed by atoms with Gasteiger partial charge in [-0.25, -0.2) is 13.2 Å². The number of hydrogen-bond donors (Lipinski definition) is 2. The first-order valence-electron chi connectivity index (χ1n) is 10.8. The van der Waals surface area contributed by atoms with Gasteiger partial charge in [0.15, 0.2) is 6.61 Å². The van der Waals surface area contributed by atoms with E-state index in [0.717, 1.165) is 4.31 Å². The Morgan fingerprint density at radius 2 is 1.69 bits per heavy atom. The Labute approximate surface area is 219 Å². The highest BCUT2D eigenvalue weighted by molar-refractivity contribution is 7.93. The van der Waals surface area contributed by atoms with Gasteiger partial charge in [-0.15, -0.1) is 0 Å². The van der Waals surface area contributed by atoms with Crippen LogP contribution in [0.15, 0.2) is 77.7 Å². The number of carboxylic acids is 1. The Bertz CT molecular complexity index is 1360. The number of anilines is 2. The Hall–Kier alpha value is -3.27. The number of halogens is 2. The molecule has 0 aliphatic carbocycles. The van der Waals surface area contributed by atoms with Crippen LogP contribution in [0.1, 0.15) is 13.8 Å². The SMILES string of the molecule is CC(C)C(C(=O)O)N(c1cccc(Cl)c1)S(=O)(=O)c1cccc(NC(=O)COc2ccccc2Cl)c1. The van der Waals surface area contributed by atoms with Crippen LogP contribution in [0.5, 0.6) is 5.75 Å². The molecule has 190 valence electrons. The van der Waals surface area contributed by atoms with Gasteiger partial charge < -0.3 is 15.2 Å². The van der Waals surface area contributed by atoms with Crippen molar-refractivity contribution in [3.8, 4) is 5.75 Å². The number of sulfonamides is 1. The van der Waals surface area contributed by atoms with Crippen molar-refractivity contribution in [1.29, 1.82) is 0 Å². The second kappa shape index (κ2) is 11.6. The average Bonchev–Trinajstić information content (AvgIpc) is 2.81. The quantitative estimate of drug-likeness (QED) is 0.353. The van der Waals surface area contributed by atoms with Crippen molar-refractivity contribution in [1.82, 2.24) is 0 Å². The molecule has 2 N–H and O–H groups in total. The number of nitrogens with one attached hydrogen (secondary N) is 1. The summed E-state index contributed by atoms with van der Waals surface area (Å²) in [6, 6.07) is 16.7. The largest absolute Gasteiger partial charge is 0.482 e. The molecule has 3 rings (SSSR count). The first kappa shape index (κ1) is 27.3. The van der Waals surface area contributed by atoms with Crippen molar-refractivity contribution in [2.24, 2.45) is 5.92 Å². The summed E-state index contributed by atoms with van der Waals surface area (Å²) in [5, 5.41) is 13.1. The van der Waals surface area contributed by atoms with Crippen molar-refractivity contribution in [2.75, 3.05) is 16.2 Å². The number of benzene rings is 3. The molecule has 0 bridgehead atoms. The highest BCUT2D eigenvalue weighted by atomic mass is 35.5. The molecule has 0 saturated heterocycles. The lowest BCUT2D eigenvalue weighted by molar-refractivity contribution is -0.139. The van der Waals surface area contributed by atoms with E-state index in [1.54, 1.807) is 44.2 Å². The molecule has 1 unspecified atom stereocenters. The zero-order chi connectivity index (χ0) is 26.5. The summed E-state index contributed by atoms with van der Waals surface area (Å²) >= 11 is 12.1. The van der Waals surface area contributed by atoms with Gasteiger partial charge in [0, 0.05) is 10.7 Å². The van der Waals surface area contributed by atoms with Gasteiger partial charge >= 0.3 is 5.97 Å². The van der Waals surface area contributed by atoms with Gasteiger partial charge in [-0.05, 0) is 54.4 Å². The fourth-order valence-electron chi connectivity index (χ4n) is 3.47. The van der Waals surface area contributed by atoms with E-state index in [1.165, 1.54) is 42.5 Å². The summed E-state index contributed by atoms with van der Waals surface area (Å²) in [6.07, 6.45) is 0. The predicted molar refractivity (Wildman–Crippen MR) is 139 cm³/mol. The molecule has 1 amide bonds. The minimum Gasteiger partial charge on any atom is -0.482 e. The molecule has 0 aliphatic rings. The smallest absolute Gasteiger partial charge is 0.327 e. The maximum absolute atomic E-state index is 13.7. The third-order valence-corrected chi connectivity index (χ3v) is 7.42. The number of hydrogen-bond acceptors (Lipinski definition) is 5. The fraction of sp³-hybridized carbons (Fsp3) is 0.200. The Kier molecular flexibility index (Phi) is 8.84. The van der Waals surface area contributed by atoms with Crippen molar-refractivity contribution in [2.45, 2.75) is 24.8 Å². The number of carbonyl (C=O) groups is 2. The summed E-state index contributed by atoms with van der Waals surface area (Å²) in [4.78, 5) is 24.3. The number of ether oxygens (including phenoxy) is 1. The molecule has 0 heterocycles. The normalized spacial score (nSPS) is 12.1. The van der Waals surface area contributed by atoms with E-state index in [9.17, 15) is 23.1 Å². The third-order valence-electron chi connectivity index (χ3n) is 5.07. The topological polar surface area (TPSA) is 113 Å². The molecule has 3 aromatic carbocycles. The number of aliphatic carboxylic acids is 1. The van der Waals surface area contributed by atoms with E-state index in [2.05, 4.69) is 5.32 Å². The van der Waals surface area contributed by atoms with E-state index >= 15 is 0 Å². The zero-order valence-electron chi connectivity index (χ0n) is 19.4. The number of nitrogens with zero attached hydrogens (tertiary/aromatic N) is 1. The summed E-state index contributed by atoms with van der Waals surface area (Å²) < 4.78 is 33.7. The standard InChI is InChI=1S/C25H24Cl2N2O6S/c1-16(2)24(25(31)32)29(19-9-5-7-17(26)13-19)36(33,34)20-10-6-8-18(14-20)28-23(30)15-35-22-12-4-3-11-21(22)27/h3-14,16,24H,15H2,1-2H3,(H,28,30)(H,31,32). The van der Waals surface area contributed by atoms with Crippen LogP contribution in [0.25, 0.3) is 0 Å². The maximum atomic E-state index is 13.7. The van der Waals surface area contributed by atoms with Crippen LogP contribution in [0.3, 0.4) is 0 Å². The minimum absolute atomic E-state index is 0.103. The van der Waals surface area contributed by atoms with Crippen LogP contribution in [-0.4, -0.2) is 38.0 Å².